The quantitative estimate of drug-likeness (QED) is 0.421. The molecule has 0 atom stereocenters. The van der Waals surface area contributed by atoms with Crippen LogP contribution >= 0.6 is 24.0 Å². The highest BCUT2D eigenvalue weighted by molar-refractivity contribution is 14.0. The van der Waals surface area contributed by atoms with Crippen LogP contribution in [0.4, 0.5) is 0 Å². The molecular formula is C15H25IN8. The van der Waals surface area contributed by atoms with Crippen molar-refractivity contribution in [2.45, 2.75) is 45.3 Å². The van der Waals surface area contributed by atoms with Crippen LogP contribution in [0, 0.1) is 0 Å². The first-order valence-electron chi connectivity index (χ1n) is 8.10. The second-order valence-corrected chi connectivity index (χ2v) is 5.72. The zero-order valence-corrected chi connectivity index (χ0v) is 16.5. The first-order valence-corrected chi connectivity index (χ1v) is 8.10. The van der Waals surface area contributed by atoms with E-state index in [4.69, 9.17) is 0 Å². The summed E-state index contributed by atoms with van der Waals surface area (Å²) in [4.78, 5) is 4.25. The molecule has 0 unspecified atom stereocenters. The Kier molecular flexibility index (Phi) is 7.00. The smallest absolute Gasteiger partial charge is 0.191 e. The summed E-state index contributed by atoms with van der Waals surface area (Å²) >= 11 is 0. The number of rotatable bonds is 4. The van der Waals surface area contributed by atoms with Gasteiger partial charge in [0, 0.05) is 33.3 Å². The zero-order chi connectivity index (χ0) is 16.1. The van der Waals surface area contributed by atoms with Crippen LogP contribution in [0.5, 0.6) is 0 Å². The molecule has 0 aliphatic carbocycles. The average Bonchev–Trinajstić information content (AvgIpc) is 3.06. The maximum Gasteiger partial charge on any atom is 0.191 e. The van der Waals surface area contributed by atoms with Gasteiger partial charge in [0.1, 0.15) is 5.82 Å². The van der Waals surface area contributed by atoms with E-state index in [9.17, 15) is 0 Å². The lowest BCUT2D eigenvalue weighted by Gasteiger charge is -2.12. The summed E-state index contributed by atoms with van der Waals surface area (Å²) in [7, 11) is 3.70. The van der Waals surface area contributed by atoms with Crippen molar-refractivity contribution < 1.29 is 0 Å². The lowest BCUT2D eigenvalue weighted by molar-refractivity contribution is 0.596. The van der Waals surface area contributed by atoms with Crippen LogP contribution in [0.2, 0.25) is 0 Å². The van der Waals surface area contributed by atoms with Crippen LogP contribution < -0.4 is 10.6 Å². The third-order valence-corrected chi connectivity index (χ3v) is 4.18. The van der Waals surface area contributed by atoms with Crippen LogP contribution in [0.1, 0.15) is 36.6 Å². The second-order valence-electron chi connectivity index (χ2n) is 5.72. The Bertz CT molecular complexity index is 675. The lowest BCUT2D eigenvalue weighted by atomic mass is 10.2. The summed E-state index contributed by atoms with van der Waals surface area (Å²) in [6, 6.07) is 1.98. The molecule has 0 saturated carbocycles. The summed E-state index contributed by atoms with van der Waals surface area (Å²) in [5.41, 5.74) is 1.10. The second kappa shape index (κ2) is 9.00. The summed E-state index contributed by atoms with van der Waals surface area (Å²) in [5, 5.41) is 19.4. The number of halogens is 1. The average molecular weight is 444 g/mol. The molecule has 3 rings (SSSR count). The van der Waals surface area contributed by atoms with Gasteiger partial charge in [0.05, 0.1) is 18.8 Å². The highest BCUT2D eigenvalue weighted by Crippen LogP contribution is 2.14. The molecule has 0 aromatic carbocycles. The van der Waals surface area contributed by atoms with Crippen LogP contribution in [0.15, 0.2) is 17.3 Å². The van der Waals surface area contributed by atoms with E-state index in [-0.39, 0.29) is 24.0 Å². The van der Waals surface area contributed by atoms with E-state index in [1.165, 1.54) is 19.3 Å². The molecule has 0 bridgehead atoms. The van der Waals surface area contributed by atoms with E-state index in [1.54, 1.807) is 13.2 Å². The molecule has 2 aromatic heterocycles. The van der Waals surface area contributed by atoms with Gasteiger partial charge in [-0.25, -0.2) is 0 Å². The zero-order valence-electron chi connectivity index (χ0n) is 14.2. The number of hydrogen-bond acceptors (Lipinski definition) is 4. The Hall–Kier alpha value is -1.65. The van der Waals surface area contributed by atoms with Crippen molar-refractivity contribution in [3.8, 4) is 0 Å². The Balaban J connectivity index is 0.00000208. The molecule has 0 fully saturated rings. The third kappa shape index (κ3) is 4.46. The number of aromatic nitrogens is 5. The van der Waals surface area contributed by atoms with E-state index >= 15 is 0 Å². The van der Waals surface area contributed by atoms with Crippen LogP contribution in [0.25, 0.3) is 0 Å². The summed E-state index contributed by atoms with van der Waals surface area (Å²) in [6.07, 6.45) is 6.49. The van der Waals surface area contributed by atoms with Crippen molar-refractivity contribution in [1.82, 2.24) is 35.2 Å². The summed E-state index contributed by atoms with van der Waals surface area (Å²) in [5.74, 6) is 2.83. The Morgan fingerprint density at radius 1 is 1.21 bits per heavy atom. The molecule has 3 heterocycles. The Morgan fingerprint density at radius 3 is 2.79 bits per heavy atom. The normalized spacial score (nSPS) is 14.5. The molecule has 2 aromatic rings. The Labute approximate surface area is 159 Å². The topological polar surface area (TPSA) is 84.9 Å². The number of guanidine groups is 1. The molecule has 1 aliphatic heterocycles. The number of fused-ring (bicyclic) bond motifs is 1. The predicted molar refractivity (Wildman–Crippen MR) is 103 cm³/mol. The van der Waals surface area contributed by atoms with Gasteiger partial charge in [-0.05, 0) is 18.9 Å². The first-order chi connectivity index (χ1) is 11.3. The van der Waals surface area contributed by atoms with Crippen molar-refractivity contribution >= 4 is 29.9 Å². The van der Waals surface area contributed by atoms with Crippen LogP contribution in [-0.2, 0) is 33.1 Å². The Morgan fingerprint density at radius 2 is 2.04 bits per heavy atom. The fourth-order valence-corrected chi connectivity index (χ4v) is 2.81. The van der Waals surface area contributed by atoms with Gasteiger partial charge in [0.2, 0.25) is 0 Å². The third-order valence-electron chi connectivity index (χ3n) is 4.18. The standard InChI is InChI=1S/C15H24N8.HI/c1-16-15(17-10-12-7-8-19-22(12)2)18-11-14-21-20-13-6-4-3-5-9-23(13)14;/h7-8H,3-6,9-11H2,1-2H3,(H2,16,17,18);1H. The maximum atomic E-state index is 4.32. The van der Waals surface area contributed by atoms with E-state index in [0.29, 0.717) is 13.1 Å². The maximum absolute atomic E-state index is 4.32. The molecule has 0 radical (unpaired) electrons. The highest BCUT2D eigenvalue weighted by Gasteiger charge is 2.14. The molecule has 132 valence electrons. The van der Waals surface area contributed by atoms with Crippen molar-refractivity contribution in [3.63, 3.8) is 0 Å². The minimum absolute atomic E-state index is 0. The largest absolute Gasteiger partial charge is 0.351 e. The van der Waals surface area contributed by atoms with E-state index in [2.05, 4.69) is 35.5 Å². The highest BCUT2D eigenvalue weighted by atomic mass is 127. The number of aliphatic imine (C=N–C) groups is 1. The first kappa shape index (κ1) is 18.7. The van der Waals surface area contributed by atoms with Gasteiger partial charge < -0.3 is 15.2 Å². The number of hydrogen-bond donors (Lipinski definition) is 2. The SMILES string of the molecule is CN=C(NCc1ccnn1C)NCc1nnc2n1CCCCC2.I. The van der Waals surface area contributed by atoms with E-state index in [1.807, 2.05) is 17.8 Å². The summed E-state index contributed by atoms with van der Waals surface area (Å²) < 4.78 is 4.09. The number of nitrogens with one attached hydrogen (secondary N) is 2. The molecular weight excluding hydrogens is 419 g/mol. The monoisotopic (exact) mass is 444 g/mol. The van der Waals surface area contributed by atoms with Gasteiger partial charge in [0.25, 0.3) is 0 Å². The molecule has 0 spiro atoms. The fraction of sp³-hybridized carbons (Fsp3) is 0.600. The van der Waals surface area contributed by atoms with Gasteiger partial charge in [-0.1, -0.05) is 6.42 Å². The minimum atomic E-state index is 0. The molecule has 9 heteroatoms. The van der Waals surface area contributed by atoms with Crippen molar-refractivity contribution in [1.29, 1.82) is 0 Å². The molecule has 8 nitrogen and oxygen atoms in total. The minimum Gasteiger partial charge on any atom is -0.351 e. The molecule has 24 heavy (non-hydrogen) atoms. The van der Waals surface area contributed by atoms with Crippen molar-refractivity contribution in [2.24, 2.45) is 12.0 Å². The summed E-state index contributed by atoms with van der Waals surface area (Å²) in [6.45, 7) is 2.31. The van der Waals surface area contributed by atoms with Gasteiger partial charge in [0.15, 0.2) is 11.8 Å². The van der Waals surface area contributed by atoms with E-state index in [0.717, 1.165) is 36.3 Å². The molecule has 0 saturated heterocycles. The van der Waals surface area contributed by atoms with Gasteiger partial charge in [-0.15, -0.1) is 34.2 Å². The van der Waals surface area contributed by atoms with Gasteiger partial charge in [-0.2, -0.15) is 5.10 Å². The van der Waals surface area contributed by atoms with E-state index < -0.39 is 0 Å². The lowest BCUT2D eigenvalue weighted by Crippen LogP contribution is -2.37. The van der Waals surface area contributed by atoms with Crippen molar-refractivity contribution in [3.05, 3.63) is 29.6 Å². The molecule has 1 aliphatic rings. The molecule has 2 N–H and O–H groups in total. The van der Waals surface area contributed by atoms with Crippen LogP contribution in [0.3, 0.4) is 0 Å². The van der Waals surface area contributed by atoms with Crippen LogP contribution in [-0.4, -0.2) is 37.6 Å². The van der Waals surface area contributed by atoms with Gasteiger partial charge in [-0.3, -0.25) is 9.67 Å². The number of aryl methyl sites for hydroxylation is 2. The molecule has 0 amide bonds. The predicted octanol–water partition coefficient (Wildman–Crippen LogP) is 1.22. The van der Waals surface area contributed by atoms with Crippen molar-refractivity contribution in [2.75, 3.05) is 7.05 Å². The number of nitrogens with zero attached hydrogens (tertiary/aromatic N) is 6. The fourth-order valence-electron chi connectivity index (χ4n) is 2.81. The van der Waals surface area contributed by atoms with Gasteiger partial charge >= 0.3 is 0 Å².